The molecule has 0 bridgehead atoms. The zero-order valence-corrected chi connectivity index (χ0v) is 16.9. The summed E-state index contributed by atoms with van der Waals surface area (Å²) >= 11 is 1.73. The van der Waals surface area contributed by atoms with Crippen LogP contribution in [0.4, 0.5) is 0 Å². The van der Waals surface area contributed by atoms with Crippen LogP contribution in [0.25, 0.3) is 0 Å². The number of nitrogens with one attached hydrogen (secondary N) is 2. The minimum atomic E-state index is -0.560. The number of thiophene rings is 1. The molecular formula is C21H28N2O2S. The second kappa shape index (κ2) is 8.99. The molecule has 4 nitrogen and oxygen atoms in total. The summed E-state index contributed by atoms with van der Waals surface area (Å²) in [6, 6.07) is 10.5. The molecule has 5 heteroatoms. The van der Waals surface area contributed by atoms with Crippen molar-refractivity contribution in [1.29, 1.82) is 0 Å². The van der Waals surface area contributed by atoms with E-state index in [1.54, 1.807) is 23.5 Å². The van der Waals surface area contributed by atoms with Crippen LogP contribution in [0.3, 0.4) is 0 Å². The number of amides is 2. The first kappa shape index (κ1) is 20.2. The maximum atomic E-state index is 12.9. The highest BCUT2D eigenvalue weighted by Crippen LogP contribution is 2.26. The van der Waals surface area contributed by atoms with Crippen LogP contribution in [0.5, 0.6) is 0 Å². The minimum absolute atomic E-state index is 0.0418. The third-order valence-corrected chi connectivity index (χ3v) is 5.70. The van der Waals surface area contributed by atoms with Crippen LogP contribution in [0.1, 0.15) is 58.9 Å². The largest absolute Gasteiger partial charge is 0.348 e. The van der Waals surface area contributed by atoms with E-state index in [1.807, 2.05) is 39.0 Å². The molecule has 2 rings (SSSR count). The third kappa shape index (κ3) is 4.94. The van der Waals surface area contributed by atoms with Gasteiger partial charge in [-0.1, -0.05) is 38.5 Å². The highest BCUT2D eigenvalue weighted by Gasteiger charge is 2.27. The van der Waals surface area contributed by atoms with Crippen molar-refractivity contribution in [2.45, 2.75) is 53.1 Å². The summed E-state index contributed by atoms with van der Waals surface area (Å²) in [7, 11) is 0. The van der Waals surface area contributed by atoms with E-state index in [0.717, 1.165) is 12.0 Å². The molecule has 3 atom stereocenters. The van der Waals surface area contributed by atoms with Crippen molar-refractivity contribution in [3.05, 3.63) is 57.3 Å². The summed E-state index contributed by atoms with van der Waals surface area (Å²) in [4.78, 5) is 27.8. The van der Waals surface area contributed by atoms with Crippen LogP contribution in [0.15, 0.2) is 36.4 Å². The molecule has 0 unspecified atom stereocenters. The van der Waals surface area contributed by atoms with Gasteiger partial charge in [-0.3, -0.25) is 9.59 Å². The van der Waals surface area contributed by atoms with Crippen LogP contribution in [-0.4, -0.2) is 17.9 Å². The number of hydrogen-bond donors (Lipinski definition) is 2. The van der Waals surface area contributed by atoms with Gasteiger partial charge in [0.05, 0.1) is 6.04 Å². The van der Waals surface area contributed by atoms with Gasteiger partial charge in [-0.2, -0.15) is 0 Å². The van der Waals surface area contributed by atoms with Gasteiger partial charge in [-0.15, -0.1) is 11.3 Å². The van der Waals surface area contributed by atoms with E-state index in [1.165, 1.54) is 9.75 Å². The van der Waals surface area contributed by atoms with Crippen molar-refractivity contribution in [3.63, 3.8) is 0 Å². The average molecular weight is 373 g/mol. The number of carbonyl (C=O) groups excluding carboxylic acids is 2. The summed E-state index contributed by atoms with van der Waals surface area (Å²) < 4.78 is 0. The Bertz CT molecular complexity index is 755. The van der Waals surface area contributed by atoms with E-state index in [-0.39, 0.29) is 23.8 Å². The van der Waals surface area contributed by atoms with E-state index < -0.39 is 6.04 Å². The van der Waals surface area contributed by atoms with Gasteiger partial charge < -0.3 is 10.6 Å². The molecule has 1 aromatic heterocycles. The van der Waals surface area contributed by atoms with Gasteiger partial charge in [0.25, 0.3) is 5.91 Å². The Morgan fingerprint density at radius 1 is 1.08 bits per heavy atom. The maximum Gasteiger partial charge on any atom is 0.251 e. The topological polar surface area (TPSA) is 58.2 Å². The molecule has 0 spiro atoms. The summed E-state index contributed by atoms with van der Waals surface area (Å²) in [6.07, 6.45) is 0.804. The van der Waals surface area contributed by atoms with Gasteiger partial charge in [-0.05, 0) is 50.5 Å². The minimum Gasteiger partial charge on any atom is -0.348 e. The van der Waals surface area contributed by atoms with Crippen molar-refractivity contribution in [2.75, 3.05) is 0 Å². The van der Waals surface area contributed by atoms with Gasteiger partial charge in [-0.25, -0.2) is 0 Å². The fourth-order valence-electron chi connectivity index (χ4n) is 2.98. The van der Waals surface area contributed by atoms with Crippen molar-refractivity contribution < 1.29 is 9.59 Å². The lowest BCUT2D eigenvalue weighted by atomic mass is 9.97. The smallest absolute Gasteiger partial charge is 0.251 e. The second-order valence-electron chi connectivity index (χ2n) is 6.80. The predicted octanol–water partition coefficient (Wildman–Crippen LogP) is 4.39. The van der Waals surface area contributed by atoms with E-state index in [4.69, 9.17) is 0 Å². The summed E-state index contributed by atoms with van der Waals surface area (Å²) in [5, 5.41) is 5.99. The number of benzene rings is 1. The highest BCUT2D eigenvalue weighted by molar-refractivity contribution is 7.12. The van der Waals surface area contributed by atoms with Gasteiger partial charge in [0, 0.05) is 15.3 Å². The SMILES string of the molecule is CC[C@H](C)[C@@H](NC(=O)c1ccccc1)C(=O)N[C@@H](C)c1cc(C)sc1C. The summed E-state index contributed by atoms with van der Waals surface area (Å²) in [5.41, 5.74) is 1.70. The highest BCUT2D eigenvalue weighted by atomic mass is 32.1. The molecule has 2 aromatic rings. The molecule has 1 aromatic carbocycles. The molecular weight excluding hydrogens is 344 g/mol. The fraction of sp³-hybridized carbons (Fsp3) is 0.429. The molecule has 0 saturated heterocycles. The fourth-order valence-corrected chi connectivity index (χ4v) is 4.00. The molecule has 140 valence electrons. The Hall–Kier alpha value is -2.14. The molecule has 0 aliphatic heterocycles. The first-order valence-corrected chi connectivity index (χ1v) is 9.88. The molecule has 0 aliphatic rings. The second-order valence-corrected chi connectivity index (χ2v) is 8.26. The monoisotopic (exact) mass is 372 g/mol. The maximum absolute atomic E-state index is 12.9. The zero-order chi connectivity index (χ0) is 19.3. The van der Waals surface area contributed by atoms with Crippen molar-refractivity contribution >= 4 is 23.2 Å². The van der Waals surface area contributed by atoms with Crippen LogP contribution in [0, 0.1) is 19.8 Å². The van der Waals surface area contributed by atoms with E-state index in [0.29, 0.717) is 5.56 Å². The lowest BCUT2D eigenvalue weighted by molar-refractivity contribution is -0.124. The standard InChI is InChI=1S/C21H28N2O2S/c1-6-13(2)19(23-20(24)17-10-8-7-9-11-17)21(25)22-15(4)18-12-14(3)26-16(18)5/h7-13,15,19H,6H2,1-5H3,(H,22,25)(H,23,24)/t13-,15-,19+/m0/s1. The quantitative estimate of drug-likeness (QED) is 0.757. The normalized spacial score (nSPS) is 14.3. The Kier molecular flexibility index (Phi) is 6.98. The summed E-state index contributed by atoms with van der Waals surface area (Å²) in [6.45, 7) is 10.1. The average Bonchev–Trinajstić information content (AvgIpc) is 2.97. The van der Waals surface area contributed by atoms with E-state index in [2.05, 4.69) is 30.5 Å². The lowest BCUT2D eigenvalue weighted by Crippen LogP contribution is -2.50. The molecule has 0 aliphatic carbocycles. The van der Waals surface area contributed by atoms with Crippen LogP contribution < -0.4 is 10.6 Å². The number of hydrogen-bond acceptors (Lipinski definition) is 3. The molecule has 1 heterocycles. The summed E-state index contributed by atoms with van der Waals surface area (Å²) in [5.74, 6) is -0.319. The molecule has 0 fully saturated rings. The number of carbonyl (C=O) groups is 2. The van der Waals surface area contributed by atoms with Gasteiger partial charge >= 0.3 is 0 Å². The molecule has 2 amide bonds. The van der Waals surface area contributed by atoms with E-state index in [9.17, 15) is 9.59 Å². The third-order valence-electron chi connectivity index (χ3n) is 4.72. The zero-order valence-electron chi connectivity index (χ0n) is 16.1. The van der Waals surface area contributed by atoms with Gasteiger partial charge in [0.15, 0.2) is 0 Å². The van der Waals surface area contributed by atoms with Crippen LogP contribution >= 0.6 is 11.3 Å². The van der Waals surface area contributed by atoms with Crippen molar-refractivity contribution in [1.82, 2.24) is 10.6 Å². The molecule has 26 heavy (non-hydrogen) atoms. The Morgan fingerprint density at radius 3 is 2.27 bits per heavy atom. The van der Waals surface area contributed by atoms with Crippen LogP contribution in [-0.2, 0) is 4.79 Å². The number of rotatable bonds is 7. The first-order chi connectivity index (χ1) is 12.3. The predicted molar refractivity (Wildman–Crippen MR) is 108 cm³/mol. The molecule has 0 radical (unpaired) electrons. The van der Waals surface area contributed by atoms with Crippen molar-refractivity contribution in [3.8, 4) is 0 Å². The Morgan fingerprint density at radius 2 is 1.73 bits per heavy atom. The molecule has 0 saturated carbocycles. The van der Waals surface area contributed by atoms with Gasteiger partial charge in [0.2, 0.25) is 5.91 Å². The lowest BCUT2D eigenvalue weighted by Gasteiger charge is -2.25. The Balaban J connectivity index is 2.11. The van der Waals surface area contributed by atoms with Crippen LogP contribution in [0.2, 0.25) is 0 Å². The van der Waals surface area contributed by atoms with Crippen molar-refractivity contribution in [2.24, 2.45) is 5.92 Å². The number of aryl methyl sites for hydroxylation is 2. The Labute approximate surface area is 160 Å². The van der Waals surface area contributed by atoms with E-state index >= 15 is 0 Å². The first-order valence-electron chi connectivity index (χ1n) is 9.06. The molecule has 2 N–H and O–H groups in total. The van der Waals surface area contributed by atoms with Gasteiger partial charge in [0.1, 0.15) is 6.04 Å².